The van der Waals surface area contributed by atoms with Crippen LogP contribution in [0.4, 0.5) is 26.3 Å². The summed E-state index contributed by atoms with van der Waals surface area (Å²) in [6.07, 6.45) is -6.51. The maximum atomic E-state index is 16.1. The Labute approximate surface area is 298 Å². The van der Waals surface area contributed by atoms with Crippen LogP contribution >= 0.6 is 11.6 Å². The van der Waals surface area contributed by atoms with E-state index in [-0.39, 0.29) is 55.4 Å². The van der Waals surface area contributed by atoms with Gasteiger partial charge in [-0.3, -0.25) is 23.9 Å². The second-order valence-electron chi connectivity index (χ2n) is 13.0. The predicted octanol–water partition coefficient (Wildman–Crippen LogP) is 7.09. The number of benzene rings is 3. The molecule has 8 nitrogen and oxygen atoms in total. The number of ether oxygens (including phenoxy) is 1. The van der Waals surface area contributed by atoms with Gasteiger partial charge in [-0.1, -0.05) is 23.7 Å². The lowest BCUT2D eigenvalue weighted by Gasteiger charge is -2.34. The number of halogens is 7. The molecule has 0 spiro atoms. The van der Waals surface area contributed by atoms with E-state index in [1.165, 1.54) is 31.2 Å². The van der Waals surface area contributed by atoms with E-state index in [1.807, 2.05) is 0 Å². The van der Waals surface area contributed by atoms with E-state index in [1.54, 1.807) is 30.0 Å². The Morgan fingerprint density at radius 3 is 2.42 bits per heavy atom. The first-order chi connectivity index (χ1) is 24.5. The minimum absolute atomic E-state index is 0.0108. The van der Waals surface area contributed by atoms with Gasteiger partial charge in [0.25, 0.3) is 5.56 Å². The molecule has 52 heavy (non-hydrogen) atoms. The van der Waals surface area contributed by atoms with Gasteiger partial charge in [0.15, 0.2) is 0 Å². The SMILES string of the molecule is Cc1cc2cc(c1F)[C@H](CC(=O)O)NC(=O)[C@@H](n1cc(CCN3CC(F)C3)c(C(F)(F)F)cc1=O)c1cc(cc(Cl)c1F)COc1cccc(C)c1-2. The summed E-state index contributed by atoms with van der Waals surface area (Å²) in [6.45, 7) is 3.00. The van der Waals surface area contributed by atoms with E-state index in [9.17, 15) is 37.1 Å². The lowest BCUT2D eigenvalue weighted by molar-refractivity contribution is -0.139. The van der Waals surface area contributed by atoms with Gasteiger partial charge in [-0.05, 0) is 78.4 Å². The Kier molecular flexibility index (Phi) is 10.2. The first kappa shape index (κ1) is 37.0. The summed E-state index contributed by atoms with van der Waals surface area (Å²) in [6, 6.07) is 7.08. The minimum Gasteiger partial charge on any atom is -0.488 e. The molecule has 15 heteroatoms. The summed E-state index contributed by atoms with van der Waals surface area (Å²) in [5, 5.41) is 11.8. The van der Waals surface area contributed by atoms with E-state index in [2.05, 4.69) is 5.32 Å². The standard InChI is InChI=1S/C37H32ClF6N3O5/c1-18-4-3-5-29-32(18)22-8-19(2)33(40)24(11-22)28(13-31(49)50)45-36(51)35(25-9-20(17-52-29)10-27(38)34(25)41)47-14-21(6-7-46-15-23(39)16-46)26(12-30(47)48)37(42,43)44/h3-5,8-12,14,23,28,35H,6-7,13,15-17H2,1-2H3,(H,45,51)(H,49,50)/t28-,35-/m0/s1. The summed E-state index contributed by atoms with van der Waals surface area (Å²) in [5.74, 6) is -4.38. The molecule has 0 radical (unpaired) electrons. The zero-order valence-electron chi connectivity index (χ0n) is 27.8. The van der Waals surface area contributed by atoms with Crippen LogP contribution in [0.25, 0.3) is 11.1 Å². The van der Waals surface area contributed by atoms with Gasteiger partial charge in [-0.15, -0.1) is 0 Å². The Morgan fingerprint density at radius 1 is 1.02 bits per heavy atom. The molecule has 274 valence electrons. The molecule has 3 aromatic carbocycles. The van der Waals surface area contributed by atoms with Crippen LogP contribution < -0.4 is 15.6 Å². The number of likely N-dealkylation sites (tertiary alicyclic amines) is 1. The van der Waals surface area contributed by atoms with Crippen LogP contribution in [0.2, 0.25) is 5.02 Å². The van der Waals surface area contributed by atoms with Crippen LogP contribution in [0.15, 0.2) is 59.5 Å². The number of hydrogen-bond acceptors (Lipinski definition) is 5. The van der Waals surface area contributed by atoms with Crippen molar-refractivity contribution in [1.82, 2.24) is 14.8 Å². The fraction of sp³-hybridized carbons (Fsp3) is 0.324. The van der Waals surface area contributed by atoms with Crippen molar-refractivity contribution in [2.75, 3.05) is 19.6 Å². The van der Waals surface area contributed by atoms with E-state index < -0.39 is 81.6 Å². The molecule has 4 aromatic rings. The number of nitrogens with zero attached hydrogens (tertiary/aromatic N) is 2. The van der Waals surface area contributed by atoms with Crippen molar-refractivity contribution in [3.63, 3.8) is 0 Å². The van der Waals surface area contributed by atoms with E-state index >= 15 is 8.78 Å². The Hall–Kier alpha value is -4.82. The molecular formula is C37H32ClF6N3O5. The molecule has 6 rings (SSSR count). The van der Waals surface area contributed by atoms with Crippen LogP contribution in [0, 0.1) is 25.5 Å². The van der Waals surface area contributed by atoms with Gasteiger partial charge in [0, 0.05) is 48.6 Å². The molecule has 1 fully saturated rings. The quantitative estimate of drug-likeness (QED) is 0.205. The lowest BCUT2D eigenvalue weighted by Crippen LogP contribution is -2.49. The van der Waals surface area contributed by atoms with Gasteiger partial charge >= 0.3 is 12.1 Å². The predicted molar refractivity (Wildman–Crippen MR) is 179 cm³/mol. The highest BCUT2D eigenvalue weighted by atomic mass is 35.5. The highest BCUT2D eigenvalue weighted by Crippen LogP contribution is 2.39. The fourth-order valence-corrected chi connectivity index (χ4v) is 6.99. The van der Waals surface area contributed by atoms with Gasteiger partial charge in [0.2, 0.25) is 5.91 Å². The average Bonchev–Trinajstić information content (AvgIpc) is 3.04. The maximum Gasteiger partial charge on any atom is 0.416 e. The fourth-order valence-electron chi connectivity index (χ4n) is 6.74. The molecule has 1 aromatic heterocycles. The topological polar surface area (TPSA) is 101 Å². The maximum absolute atomic E-state index is 16.1. The zero-order chi connectivity index (χ0) is 37.6. The first-order valence-electron chi connectivity index (χ1n) is 16.2. The smallest absolute Gasteiger partial charge is 0.416 e. The summed E-state index contributed by atoms with van der Waals surface area (Å²) in [5.41, 5.74) is -1.84. The number of amides is 1. The normalized spacial score (nSPS) is 18.1. The second-order valence-corrected chi connectivity index (χ2v) is 13.4. The van der Waals surface area contributed by atoms with Gasteiger partial charge < -0.3 is 15.2 Å². The van der Waals surface area contributed by atoms with Gasteiger partial charge in [0.1, 0.15) is 36.2 Å². The van der Waals surface area contributed by atoms with Gasteiger partial charge in [0.05, 0.1) is 23.0 Å². The van der Waals surface area contributed by atoms with Crippen LogP contribution in [0.5, 0.6) is 5.75 Å². The zero-order valence-corrected chi connectivity index (χ0v) is 28.5. The third-order valence-corrected chi connectivity index (χ3v) is 9.56. The third kappa shape index (κ3) is 7.40. The molecule has 4 bridgehead atoms. The number of aromatic nitrogens is 1. The van der Waals surface area contributed by atoms with Crippen molar-refractivity contribution < 1.29 is 45.8 Å². The molecule has 0 saturated carbocycles. The molecule has 2 atom stereocenters. The van der Waals surface area contributed by atoms with E-state index in [4.69, 9.17) is 16.3 Å². The molecule has 1 amide bonds. The van der Waals surface area contributed by atoms with E-state index in [0.29, 0.717) is 21.4 Å². The van der Waals surface area contributed by atoms with Crippen LogP contribution in [0.3, 0.4) is 0 Å². The number of hydrogen-bond donors (Lipinski definition) is 2. The third-order valence-electron chi connectivity index (χ3n) is 9.29. The number of carbonyl (C=O) groups is 2. The summed E-state index contributed by atoms with van der Waals surface area (Å²) in [7, 11) is 0. The molecule has 0 unspecified atom stereocenters. The van der Waals surface area contributed by atoms with Crippen molar-refractivity contribution in [2.45, 2.75) is 57.7 Å². The number of fused-ring (bicyclic) bond motifs is 6. The summed E-state index contributed by atoms with van der Waals surface area (Å²) in [4.78, 5) is 41.7. The van der Waals surface area contributed by atoms with Crippen molar-refractivity contribution >= 4 is 23.5 Å². The van der Waals surface area contributed by atoms with Crippen LogP contribution in [-0.4, -0.2) is 52.3 Å². The first-order valence-corrected chi connectivity index (χ1v) is 16.6. The Bertz CT molecular complexity index is 2130. The Morgan fingerprint density at radius 2 is 1.75 bits per heavy atom. The monoisotopic (exact) mass is 747 g/mol. The minimum atomic E-state index is -5.00. The largest absolute Gasteiger partial charge is 0.488 e. The molecule has 2 N–H and O–H groups in total. The van der Waals surface area contributed by atoms with Crippen LogP contribution in [-0.2, 0) is 28.8 Å². The molecule has 1 saturated heterocycles. The highest BCUT2D eigenvalue weighted by molar-refractivity contribution is 6.30. The van der Waals surface area contributed by atoms with Crippen molar-refractivity contribution in [2.24, 2.45) is 0 Å². The second kappa shape index (κ2) is 14.3. The van der Waals surface area contributed by atoms with Crippen molar-refractivity contribution in [1.29, 1.82) is 0 Å². The number of aliphatic carboxylic acids is 1. The number of carboxylic acid groups (broad SMARTS) is 1. The molecular weight excluding hydrogens is 716 g/mol. The number of aryl methyl sites for hydroxylation is 2. The number of carboxylic acids is 1. The molecule has 2 aliphatic rings. The number of carbonyl (C=O) groups excluding carboxylic acids is 1. The average molecular weight is 748 g/mol. The summed E-state index contributed by atoms with van der Waals surface area (Å²) < 4.78 is 94.9. The highest BCUT2D eigenvalue weighted by Gasteiger charge is 2.38. The molecule has 2 aliphatic heterocycles. The lowest BCUT2D eigenvalue weighted by atomic mass is 9.91. The molecule has 0 aliphatic carbocycles. The Balaban J connectivity index is 1.58. The number of alkyl halides is 4. The van der Waals surface area contributed by atoms with E-state index in [0.717, 1.165) is 11.8 Å². The number of pyridine rings is 1. The number of nitrogens with one attached hydrogen (secondary N) is 1. The molecule has 3 heterocycles. The van der Waals surface area contributed by atoms with Crippen molar-refractivity contribution in [3.05, 3.63) is 121 Å². The number of rotatable bonds is 6. The van der Waals surface area contributed by atoms with Gasteiger partial charge in [-0.25, -0.2) is 13.2 Å². The van der Waals surface area contributed by atoms with Gasteiger partial charge in [-0.2, -0.15) is 13.2 Å². The van der Waals surface area contributed by atoms with Crippen LogP contribution in [0.1, 0.15) is 57.4 Å². The summed E-state index contributed by atoms with van der Waals surface area (Å²) >= 11 is 6.31. The van der Waals surface area contributed by atoms with Crippen molar-refractivity contribution in [3.8, 4) is 16.9 Å².